The molecule has 24 heavy (non-hydrogen) atoms. The van der Waals surface area contributed by atoms with Crippen LogP contribution in [0.25, 0.3) is 0 Å². The molecule has 0 bridgehead atoms. The van der Waals surface area contributed by atoms with Crippen LogP contribution in [0.1, 0.15) is 27.7 Å². The molecule has 6 nitrogen and oxygen atoms in total. The summed E-state index contributed by atoms with van der Waals surface area (Å²) in [7, 11) is -3.92. The normalized spacial score (nSPS) is 21.8. The molecule has 1 fully saturated rings. The van der Waals surface area contributed by atoms with Gasteiger partial charge in [-0.1, -0.05) is 18.5 Å². The summed E-state index contributed by atoms with van der Waals surface area (Å²) in [4.78, 5) is 13.6. The van der Waals surface area contributed by atoms with E-state index in [9.17, 15) is 13.2 Å². The SMILES string of the molecule is C[C@@H]1CN(C(=O)OC(C)(C)C)C[C@H]1OS(=O)(=O)c1ccc(Cl)cc1. The van der Waals surface area contributed by atoms with Gasteiger partial charge in [0.2, 0.25) is 0 Å². The number of carbonyl (C=O) groups excluding carboxylic acids is 1. The molecular weight excluding hydrogens is 354 g/mol. The second-order valence-corrected chi connectivity index (χ2v) is 8.91. The maximum absolute atomic E-state index is 12.4. The monoisotopic (exact) mass is 375 g/mol. The molecule has 1 aliphatic rings. The second-order valence-electron chi connectivity index (χ2n) is 6.91. The number of likely N-dealkylation sites (tertiary alicyclic amines) is 1. The van der Waals surface area contributed by atoms with Crippen LogP contribution in [0, 0.1) is 5.92 Å². The number of halogens is 1. The maximum Gasteiger partial charge on any atom is 0.410 e. The lowest BCUT2D eigenvalue weighted by atomic mass is 10.1. The van der Waals surface area contributed by atoms with Gasteiger partial charge in [0, 0.05) is 17.5 Å². The molecule has 1 amide bonds. The van der Waals surface area contributed by atoms with Gasteiger partial charge < -0.3 is 9.64 Å². The summed E-state index contributed by atoms with van der Waals surface area (Å²) in [6.45, 7) is 7.74. The van der Waals surface area contributed by atoms with Crippen LogP contribution in [-0.4, -0.2) is 44.2 Å². The maximum atomic E-state index is 12.4. The van der Waals surface area contributed by atoms with Crippen molar-refractivity contribution in [2.75, 3.05) is 13.1 Å². The summed E-state index contributed by atoms with van der Waals surface area (Å²) in [6.07, 6.45) is -1.08. The highest BCUT2D eigenvalue weighted by Crippen LogP contribution is 2.26. The Morgan fingerprint density at radius 3 is 2.33 bits per heavy atom. The lowest BCUT2D eigenvalue weighted by Crippen LogP contribution is -2.36. The van der Waals surface area contributed by atoms with Gasteiger partial charge in [-0.25, -0.2) is 4.79 Å². The van der Waals surface area contributed by atoms with E-state index in [2.05, 4.69) is 0 Å². The predicted octanol–water partition coefficient (Wildman–Crippen LogP) is 3.30. The van der Waals surface area contributed by atoms with Crippen molar-refractivity contribution in [1.29, 1.82) is 0 Å². The molecule has 1 saturated heterocycles. The Kier molecular flexibility index (Phi) is 5.47. The van der Waals surface area contributed by atoms with Crippen molar-refractivity contribution in [3.05, 3.63) is 29.3 Å². The summed E-state index contributed by atoms with van der Waals surface area (Å²) in [6, 6.07) is 5.76. The standard InChI is InChI=1S/C16H22ClNO5S/c1-11-9-18(15(19)22-16(2,3)4)10-14(11)23-24(20,21)13-7-5-12(17)6-8-13/h5-8,11,14H,9-10H2,1-4H3/t11-,14-/m1/s1. The number of hydrogen-bond acceptors (Lipinski definition) is 5. The fraction of sp³-hybridized carbons (Fsp3) is 0.562. The van der Waals surface area contributed by atoms with Gasteiger partial charge >= 0.3 is 6.09 Å². The zero-order valence-electron chi connectivity index (χ0n) is 14.2. The van der Waals surface area contributed by atoms with Crippen molar-refractivity contribution in [1.82, 2.24) is 4.90 Å². The van der Waals surface area contributed by atoms with Gasteiger partial charge in [0.05, 0.1) is 17.5 Å². The zero-order chi connectivity index (χ0) is 18.1. The van der Waals surface area contributed by atoms with Gasteiger partial charge in [-0.15, -0.1) is 0 Å². The molecular formula is C16H22ClNO5S. The van der Waals surface area contributed by atoms with Crippen molar-refractivity contribution in [2.24, 2.45) is 5.92 Å². The van der Waals surface area contributed by atoms with Crippen molar-refractivity contribution in [2.45, 2.75) is 44.3 Å². The molecule has 0 N–H and O–H groups in total. The summed E-state index contributed by atoms with van der Waals surface area (Å²) < 4.78 is 35.3. The summed E-state index contributed by atoms with van der Waals surface area (Å²) >= 11 is 5.77. The van der Waals surface area contributed by atoms with E-state index >= 15 is 0 Å². The first-order valence-electron chi connectivity index (χ1n) is 7.65. The minimum Gasteiger partial charge on any atom is -0.444 e. The van der Waals surface area contributed by atoms with Gasteiger partial charge in [-0.05, 0) is 45.0 Å². The van der Waals surface area contributed by atoms with E-state index < -0.39 is 27.9 Å². The number of benzene rings is 1. The highest BCUT2D eigenvalue weighted by Gasteiger charge is 2.38. The van der Waals surface area contributed by atoms with E-state index in [1.165, 1.54) is 29.2 Å². The molecule has 0 spiro atoms. The Morgan fingerprint density at radius 2 is 1.79 bits per heavy atom. The number of ether oxygens (including phenoxy) is 1. The number of nitrogens with zero attached hydrogens (tertiary/aromatic N) is 1. The molecule has 0 saturated carbocycles. The van der Waals surface area contributed by atoms with Crippen LogP contribution in [0.3, 0.4) is 0 Å². The van der Waals surface area contributed by atoms with Gasteiger partial charge in [-0.3, -0.25) is 4.18 Å². The number of hydrogen-bond donors (Lipinski definition) is 0. The molecule has 1 heterocycles. The lowest BCUT2D eigenvalue weighted by molar-refractivity contribution is 0.0275. The molecule has 2 atom stereocenters. The fourth-order valence-electron chi connectivity index (χ4n) is 2.36. The van der Waals surface area contributed by atoms with E-state index in [1.54, 1.807) is 20.8 Å². The van der Waals surface area contributed by atoms with Crippen molar-refractivity contribution in [3.63, 3.8) is 0 Å². The Bertz CT molecular complexity index is 696. The molecule has 2 rings (SSSR count). The highest BCUT2D eigenvalue weighted by atomic mass is 35.5. The van der Waals surface area contributed by atoms with Gasteiger partial charge in [0.25, 0.3) is 10.1 Å². The quantitative estimate of drug-likeness (QED) is 0.758. The molecule has 1 aliphatic heterocycles. The van der Waals surface area contributed by atoms with Crippen LogP contribution in [0.15, 0.2) is 29.2 Å². The number of amides is 1. The molecule has 1 aromatic carbocycles. The van der Waals surface area contributed by atoms with Crippen LogP contribution in [0.4, 0.5) is 4.79 Å². The topological polar surface area (TPSA) is 72.9 Å². The van der Waals surface area contributed by atoms with Crippen LogP contribution >= 0.6 is 11.6 Å². The van der Waals surface area contributed by atoms with Crippen LogP contribution < -0.4 is 0 Å². The Morgan fingerprint density at radius 1 is 1.21 bits per heavy atom. The fourth-order valence-corrected chi connectivity index (χ4v) is 3.64. The molecule has 1 aromatic rings. The Hall–Kier alpha value is -1.31. The molecule has 134 valence electrons. The third kappa shape index (κ3) is 4.84. The molecule has 8 heteroatoms. The average molecular weight is 376 g/mol. The molecule has 0 aliphatic carbocycles. The predicted molar refractivity (Wildman–Crippen MR) is 90.5 cm³/mol. The third-order valence-electron chi connectivity index (χ3n) is 3.55. The van der Waals surface area contributed by atoms with E-state index in [-0.39, 0.29) is 17.4 Å². The number of rotatable bonds is 3. The summed E-state index contributed by atoms with van der Waals surface area (Å²) in [5.74, 6) is -0.125. The van der Waals surface area contributed by atoms with Crippen molar-refractivity contribution >= 4 is 27.8 Å². The number of carbonyl (C=O) groups is 1. The van der Waals surface area contributed by atoms with Gasteiger partial charge in [-0.2, -0.15) is 8.42 Å². The summed E-state index contributed by atoms with van der Waals surface area (Å²) in [5, 5.41) is 0.444. The first kappa shape index (κ1) is 19.0. The van der Waals surface area contributed by atoms with Gasteiger partial charge in [0.15, 0.2) is 0 Å². The van der Waals surface area contributed by atoms with Crippen LogP contribution in [0.5, 0.6) is 0 Å². The summed E-state index contributed by atoms with van der Waals surface area (Å²) in [5.41, 5.74) is -0.603. The minimum atomic E-state index is -3.92. The average Bonchev–Trinajstić information content (AvgIpc) is 2.78. The second kappa shape index (κ2) is 6.90. The van der Waals surface area contributed by atoms with Gasteiger partial charge in [0.1, 0.15) is 5.60 Å². The Labute approximate surface area is 147 Å². The largest absolute Gasteiger partial charge is 0.444 e. The van der Waals surface area contributed by atoms with E-state index in [1.807, 2.05) is 6.92 Å². The lowest BCUT2D eigenvalue weighted by Gasteiger charge is -2.24. The Balaban J connectivity index is 2.05. The first-order valence-corrected chi connectivity index (χ1v) is 9.43. The zero-order valence-corrected chi connectivity index (χ0v) is 15.7. The van der Waals surface area contributed by atoms with E-state index in [4.69, 9.17) is 20.5 Å². The van der Waals surface area contributed by atoms with Crippen LogP contribution in [-0.2, 0) is 19.0 Å². The smallest absolute Gasteiger partial charge is 0.410 e. The van der Waals surface area contributed by atoms with Crippen LogP contribution in [0.2, 0.25) is 5.02 Å². The van der Waals surface area contributed by atoms with E-state index in [0.717, 1.165) is 0 Å². The van der Waals surface area contributed by atoms with Crippen molar-refractivity contribution < 1.29 is 22.1 Å². The third-order valence-corrected chi connectivity index (χ3v) is 5.15. The molecule has 0 aromatic heterocycles. The van der Waals surface area contributed by atoms with Crippen molar-refractivity contribution in [3.8, 4) is 0 Å². The minimum absolute atomic E-state index is 0.0369. The highest BCUT2D eigenvalue weighted by molar-refractivity contribution is 7.86. The first-order chi connectivity index (χ1) is 11.0. The van der Waals surface area contributed by atoms with E-state index in [0.29, 0.717) is 11.6 Å². The molecule has 0 radical (unpaired) electrons. The molecule has 0 unspecified atom stereocenters.